The van der Waals surface area contributed by atoms with Gasteiger partial charge in [0.1, 0.15) is 18.0 Å². The predicted octanol–water partition coefficient (Wildman–Crippen LogP) is 4.32. The molecule has 0 saturated carbocycles. The van der Waals surface area contributed by atoms with E-state index in [0.717, 1.165) is 9.32 Å². The average Bonchev–Trinajstić information content (AvgIpc) is 2.36. The number of likely N-dealkylation sites (N-methyl/N-ethyl adjacent to an activating group) is 1. The largest absolute Gasteiger partial charge is 0.491 e. The Bertz CT molecular complexity index is 454. The van der Waals surface area contributed by atoms with E-state index in [1.165, 1.54) is 0 Å². The first-order valence-corrected chi connectivity index (χ1v) is 8.19. The number of rotatable bonds is 5. The molecule has 0 saturated heterocycles. The fourth-order valence-electron chi connectivity index (χ4n) is 1.78. The minimum atomic E-state index is -0.485. The molecular weight excluding hydrogens is 381 g/mol. The Morgan fingerprint density at radius 1 is 1.29 bits per heavy atom. The summed E-state index contributed by atoms with van der Waals surface area (Å²) < 4.78 is 12.3. The van der Waals surface area contributed by atoms with Gasteiger partial charge in [0, 0.05) is 10.1 Å². The smallest absolute Gasteiger partial charge is 0.410 e. The molecule has 1 atom stereocenters. The van der Waals surface area contributed by atoms with Crippen LogP contribution in [0.15, 0.2) is 24.3 Å². The number of carbonyl (C=O) groups is 1. The van der Waals surface area contributed by atoms with Crippen LogP contribution in [0.4, 0.5) is 4.79 Å². The zero-order valence-electron chi connectivity index (χ0n) is 13.4. The fraction of sp³-hybridized carbons (Fsp3) is 0.562. The summed E-state index contributed by atoms with van der Waals surface area (Å²) in [6.07, 6.45) is -0.302. The minimum Gasteiger partial charge on any atom is -0.491 e. The normalized spacial score (nSPS) is 12.7. The molecule has 0 aromatic heterocycles. The van der Waals surface area contributed by atoms with Gasteiger partial charge in [-0.25, -0.2) is 4.79 Å². The molecule has 0 N–H and O–H groups in total. The van der Waals surface area contributed by atoms with Gasteiger partial charge in [0.05, 0.1) is 6.04 Å². The van der Waals surface area contributed by atoms with E-state index in [0.29, 0.717) is 13.2 Å². The Morgan fingerprint density at radius 2 is 1.86 bits per heavy atom. The highest BCUT2D eigenvalue weighted by Crippen LogP contribution is 2.16. The molecule has 21 heavy (non-hydrogen) atoms. The van der Waals surface area contributed by atoms with Gasteiger partial charge in [0.25, 0.3) is 0 Å². The zero-order chi connectivity index (χ0) is 16.0. The summed E-state index contributed by atoms with van der Waals surface area (Å²) >= 11 is 2.25. The number of carbonyl (C=O) groups excluding carboxylic acids is 1. The van der Waals surface area contributed by atoms with Gasteiger partial charge in [-0.1, -0.05) is 0 Å². The van der Waals surface area contributed by atoms with E-state index < -0.39 is 5.60 Å². The van der Waals surface area contributed by atoms with Crippen LogP contribution in [0, 0.1) is 3.57 Å². The second-order valence-electron chi connectivity index (χ2n) is 5.88. The van der Waals surface area contributed by atoms with Crippen molar-refractivity contribution < 1.29 is 14.3 Å². The molecule has 0 radical (unpaired) electrons. The third-order valence-corrected chi connectivity index (χ3v) is 3.52. The van der Waals surface area contributed by atoms with Crippen LogP contribution in [-0.2, 0) is 4.74 Å². The van der Waals surface area contributed by atoms with Crippen LogP contribution in [0.5, 0.6) is 5.75 Å². The van der Waals surface area contributed by atoms with Crippen molar-refractivity contribution in [3.8, 4) is 5.75 Å². The monoisotopic (exact) mass is 405 g/mol. The SMILES string of the molecule is CCN(C(=O)OC(C)(C)C)C(C)COc1ccc(I)cc1. The summed E-state index contributed by atoms with van der Waals surface area (Å²) in [7, 11) is 0. The topological polar surface area (TPSA) is 38.8 Å². The first kappa shape index (κ1) is 18.1. The van der Waals surface area contributed by atoms with Crippen LogP contribution in [0.3, 0.4) is 0 Å². The first-order valence-electron chi connectivity index (χ1n) is 7.11. The Kier molecular flexibility index (Phi) is 6.77. The van der Waals surface area contributed by atoms with E-state index in [9.17, 15) is 4.79 Å². The van der Waals surface area contributed by atoms with Crippen LogP contribution < -0.4 is 4.74 Å². The molecule has 1 amide bonds. The maximum absolute atomic E-state index is 12.1. The van der Waals surface area contributed by atoms with Gasteiger partial charge in [-0.2, -0.15) is 0 Å². The second-order valence-corrected chi connectivity index (χ2v) is 7.13. The van der Waals surface area contributed by atoms with Crippen molar-refractivity contribution in [1.82, 2.24) is 4.90 Å². The Morgan fingerprint density at radius 3 is 2.33 bits per heavy atom. The lowest BCUT2D eigenvalue weighted by molar-refractivity contribution is 0.0143. The molecule has 118 valence electrons. The summed E-state index contributed by atoms with van der Waals surface area (Å²) in [5.74, 6) is 0.808. The molecule has 1 unspecified atom stereocenters. The maximum Gasteiger partial charge on any atom is 0.410 e. The molecule has 0 bridgehead atoms. The van der Waals surface area contributed by atoms with Crippen molar-refractivity contribution in [2.45, 2.75) is 46.3 Å². The Labute approximate surface area is 140 Å². The van der Waals surface area contributed by atoms with E-state index in [1.807, 2.05) is 58.9 Å². The number of hydrogen-bond donors (Lipinski definition) is 0. The van der Waals surface area contributed by atoms with Crippen LogP contribution in [0.25, 0.3) is 0 Å². The highest BCUT2D eigenvalue weighted by Gasteiger charge is 2.25. The summed E-state index contributed by atoms with van der Waals surface area (Å²) in [6, 6.07) is 7.79. The minimum absolute atomic E-state index is 0.0517. The van der Waals surface area contributed by atoms with Gasteiger partial charge in [0.2, 0.25) is 0 Å². The number of hydrogen-bond acceptors (Lipinski definition) is 3. The van der Waals surface area contributed by atoms with E-state index in [-0.39, 0.29) is 12.1 Å². The van der Waals surface area contributed by atoms with Gasteiger partial charge in [0.15, 0.2) is 0 Å². The van der Waals surface area contributed by atoms with Gasteiger partial charge < -0.3 is 14.4 Å². The van der Waals surface area contributed by atoms with E-state index >= 15 is 0 Å². The summed E-state index contributed by atoms with van der Waals surface area (Å²) in [6.45, 7) is 10.5. The third kappa shape index (κ3) is 6.54. The molecule has 1 rings (SSSR count). The lowest BCUT2D eigenvalue weighted by atomic mass is 10.2. The summed E-state index contributed by atoms with van der Waals surface area (Å²) in [5, 5.41) is 0. The van der Waals surface area contributed by atoms with Crippen LogP contribution in [0.1, 0.15) is 34.6 Å². The average molecular weight is 405 g/mol. The molecule has 0 aliphatic rings. The molecule has 0 heterocycles. The molecule has 1 aromatic carbocycles. The maximum atomic E-state index is 12.1. The van der Waals surface area contributed by atoms with E-state index in [2.05, 4.69) is 22.6 Å². The number of ether oxygens (including phenoxy) is 2. The Hall–Kier alpha value is -0.980. The standard InChI is InChI=1S/C16H24INO3/c1-6-18(15(19)21-16(3,4)5)12(2)11-20-14-9-7-13(17)8-10-14/h7-10,12H,6,11H2,1-5H3. The zero-order valence-corrected chi connectivity index (χ0v) is 15.5. The highest BCUT2D eigenvalue weighted by molar-refractivity contribution is 14.1. The van der Waals surface area contributed by atoms with Crippen molar-refractivity contribution >= 4 is 28.7 Å². The molecule has 0 fully saturated rings. The number of nitrogens with zero attached hydrogens (tertiary/aromatic N) is 1. The van der Waals surface area contributed by atoms with Gasteiger partial charge >= 0.3 is 6.09 Å². The molecule has 0 spiro atoms. The summed E-state index contributed by atoms with van der Waals surface area (Å²) in [4.78, 5) is 13.8. The predicted molar refractivity (Wildman–Crippen MR) is 92.7 cm³/mol. The highest BCUT2D eigenvalue weighted by atomic mass is 127. The molecule has 0 aliphatic carbocycles. The molecular formula is C16H24INO3. The van der Waals surface area contributed by atoms with Crippen molar-refractivity contribution in [3.05, 3.63) is 27.8 Å². The number of amides is 1. The van der Waals surface area contributed by atoms with E-state index in [4.69, 9.17) is 9.47 Å². The van der Waals surface area contributed by atoms with Gasteiger partial charge in [-0.05, 0) is 81.5 Å². The molecule has 4 nitrogen and oxygen atoms in total. The third-order valence-electron chi connectivity index (χ3n) is 2.81. The van der Waals surface area contributed by atoms with Gasteiger partial charge in [-0.15, -0.1) is 0 Å². The summed E-state index contributed by atoms with van der Waals surface area (Å²) in [5.41, 5.74) is -0.485. The fourth-order valence-corrected chi connectivity index (χ4v) is 2.14. The number of benzene rings is 1. The molecule has 1 aromatic rings. The van der Waals surface area contributed by atoms with Crippen LogP contribution >= 0.6 is 22.6 Å². The van der Waals surface area contributed by atoms with E-state index in [1.54, 1.807) is 4.90 Å². The van der Waals surface area contributed by atoms with Crippen molar-refractivity contribution in [3.63, 3.8) is 0 Å². The van der Waals surface area contributed by atoms with Gasteiger partial charge in [-0.3, -0.25) is 0 Å². The first-order chi connectivity index (χ1) is 9.73. The lowest BCUT2D eigenvalue weighted by Crippen LogP contribution is -2.44. The second kappa shape index (κ2) is 7.87. The quantitative estimate of drug-likeness (QED) is 0.686. The Balaban J connectivity index is 2.56. The number of halogens is 1. The van der Waals surface area contributed by atoms with Crippen LogP contribution in [0.2, 0.25) is 0 Å². The van der Waals surface area contributed by atoms with Crippen molar-refractivity contribution in [2.75, 3.05) is 13.2 Å². The van der Waals surface area contributed by atoms with Crippen LogP contribution in [-0.4, -0.2) is 35.8 Å². The van der Waals surface area contributed by atoms with Crippen molar-refractivity contribution in [1.29, 1.82) is 0 Å². The molecule has 0 aliphatic heterocycles. The van der Waals surface area contributed by atoms with Crippen molar-refractivity contribution in [2.24, 2.45) is 0 Å². The molecule has 5 heteroatoms. The lowest BCUT2D eigenvalue weighted by Gasteiger charge is -2.30.